The normalized spacial score (nSPS) is 10.8. The number of aryl methyl sites for hydroxylation is 1. The average molecular weight is 332 g/mol. The predicted octanol–water partition coefficient (Wildman–Crippen LogP) is 2.92. The summed E-state index contributed by atoms with van der Waals surface area (Å²) in [6.07, 6.45) is 0.886. The van der Waals surface area contributed by atoms with Crippen LogP contribution in [0, 0.1) is 6.92 Å². The summed E-state index contributed by atoms with van der Waals surface area (Å²) in [5.74, 6) is -0.387. The second kappa shape index (κ2) is 7.38. The Morgan fingerprint density at radius 3 is 2.62 bits per heavy atom. The number of aromatic nitrogens is 1. The lowest BCUT2D eigenvalue weighted by Crippen LogP contribution is -2.29. The molecule has 1 aromatic carbocycles. The van der Waals surface area contributed by atoms with Gasteiger partial charge in [-0.3, -0.25) is 9.59 Å². The molecule has 24 heavy (non-hydrogen) atoms. The number of carbonyl (C=O) groups excluding carboxylic acids is 1. The molecule has 1 N–H and O–H groups in total. The van der Waals surface area contributed by atoms with Crippen LogP contribution in [0.1, 0.15) is 35.8 Å². The molecule has 0 atom stereocenters. The zero-order valence-corrected chi connectivity index (χ0v) is 14.6. The molecular formula is C18H24N2O4. The summed E-state index contributed by atoms with van der Waals surface area (Å²) < 4.78 is 7.43. The maximum atomic E-state index is 12.9. The van der Waals surface area contributed by atoms with Crippen molar-refractivity contribution >= 4 is 22.8 Å². The molecule has 0 bridgehead atoms. The summed E-state index contributed by atoms with van der Waals surface area (Å²) in [6.45, 7) is 5.02. The number of carboxylic acid groups (broad SMARTS) is 1. The van der Waals surface area contributed by atoms with Gasteiger partial charge in [0, 0.05) is 36.7 Å². The topological polar surface area (TPSA) is 71.8 Å². The highest BCUT2D eigenvalue weighted by Crippen LogP contribution is 2.30. The molecule has 2 aromatic rings. The van der Waals surface area contributed by atoms with Crippen LogP contribution in [0.5, 0.6) is 5.75 Å². The summed E-state index contributed by atoms with van der Waals surface area (Å²) in [4.78, 5) is 25.1. The molecule has 2 rings (SSSR count). The van der Waals surface area contributed by atoms with E-state index in [0.717, 1.165) is 29.6 Å². The van der Waals surface area contributed by atoms with E-state index in [1.165, 1.54) is 4.90 Å². The Morgan fingerprint density at radius 2 is 2.04 bits per heavy atom. The largest absolute Gasteiger partial charge is 0.497 e. The molecule has 6 nitrogen and oxygen atoms in total. The molecule has 1 heterocycles. The lowest BCUT2D eigenvalue weighted by atomic mass is 10.1. The van der Waals surface area contributed by atoms with Crippen LogP contribution in [-0.4, -0.2) is 47.2 Å². The molecule has 6 heteroatoms. The van der Waals surface area contributed by atoms with Crippen LogP contribution in [-0.2, 0) is 11.3 Å². The summed E-state index contributed by atoms with van der Waals surface area (Å²) in [7, 11) is 3.23. The van der Waals surface area contributed by atoms with Crippen LogP contribution in [0.2, 0.25) is 0 Å². The Labute approximate surface area is 141 Å². The lowest BCUT2D eigenvalue weighted by Gasteiger charge is -2.16. The number of nitrogens with zero attached hydrogens (tertiary/aromatic N) is 2. The number of fused-ring (bicyclic) bond motifs is 1. The van der Waals surface area contributed by atoms with Gasteiger partial charge in [-0.25, -0.2) is 0 Å². The van der Waals surface area contributed by atoms with Gasteiger partial charge in [0.1, 0.15) is 5.75 Å². The molecule has 1 amide bonds. The molecule has 1 aromatic heterocycles. The number of benzene rings is 1. The van der Waals surface area contributed by atoms with E-state index in [4.69, 9.17) is 9.84 Å². The maximum absolute atomic E-state index is 12.9. The van der Waals surface area contributed by atoms with Crippen molar-refractivity contribution in [3.63, 3.8) is 0 Å². The molecule has 0 fully saturated rings. The van der Waals surface area contributed by atoms with Gasteiger partial charge < -0.3 is 19.3 Å². The smallest absolute Gasteiger partial charge is 0.305 e. The Kier molecular flexibility index (Phi) is 5.49. The number of ether oxygens (including phenoxy) is 1. The van der Waals surface area contributed by atoms with Crippen molar-refractivity contribution in [3.05, 3.63) is 29.5 Å². The van der Waals surface area contributed by atoms with Crippen molar-refractivity contribution in [1.82, 2.24) is 9.47 Å². The van der Waals surface area contributed by atoms with E-state index < -0.39 is 5.97 Å². The standard InChI is InChI=1S/C18H24N2O4/c1-5-9-20-12(2)17(18(23)19(3)10-8-16(21)22)14-11-13(24-4)6-7-15(14)20/h6-7,11H,5,8-10H2,1-4H3,(H,21,22). The van der Waals surface area contributed by atoms with Gasteiger partial charge in [0.25, 0.3) is 5.91 Å². The van der Waals surface area contributed by atoms with Crippen LogP contribution in [0.3, 0.4) is 0 Å². The molecule has 0 radical (unpaired) electrons. The third-order valence-electron chi connectivity index (χ3n) is 4.20. The number of amides is 1. The summed E-state index contributed by atoms with van der Waals surface area (Å²) >= 11 is 0. The highest BCUT2D eigenvalue weighted by Gasteiger charge is 2.23. The zero-order chi connectivity index (χ0) is 17.9. The van der Waals surface area contributed by atoms with E-state index >= 15 is 0 Å². The van der Waals surface area contributed by atoms with Crippen LogP contribution >= 0.6 is 0 Å². The minimum atomic E-state index is -0.915. The van der Waals surface area contributed by atoms with E-state index in [1.807, 2.05) is 25.1 Å². The van der Waals surface area contributed by atoms with Crippen molar-refractivity contribution in [2.45, 2.75) is 33.2 Å². The molecule has 0 aliphatic rings. The van der Waals surface area contributed by atoms with Crippen LogP contribution in [0.15, 0.2) is 18.2 Å². The van der Waals surface area contributed by atoms with E-state index in [2.05, 4.69) is 11.5 Å². The number of hydrogen-bond donors (Lipinski definition) is 1. The molecule has 0 unspecified atom stereocenters. The number of rotatable bonds is 7. The summed E-state index contributed by atoms with van der Waals surface area (Å²) in [6, 6.07) is 5.72. The van der Waals surface area contributed by atoms with Crippen LogP contribution < -0.4 is 4.74 Å². The molecule has 130 valence electrons. The lowest BCUT2D eigenvalue weighted by molar-refractivity contribution is -0.137. The first kappa shape index (κ1) is 17.8. The first-order valence-electron chi connectivity index (χ1n) is 8.04. The summed E-state index contributed by atoms with van der Waals surface area (Å²) in [5, 5.41) is 9.67. The van der Waals surface area contributed by atoms with E-state index in [0.29, 0.717) is 11.3 Å². The molecule has 0 saturated heterocycles. The van der Waals surface area contributed by atoms with Gasteiger partial charge >= 0.3 is 5.97 Å². The Bertz CT molecular complexity index is 764. The highest BCUT2D eigenvalue weighted by molar-refractivity contribution is 6.08. The minimum Gasteiger partial charge on any atom is -0.497 e. The fourth-order valence-corrected chi connectivity index (χ4v) is 2.93. The number of carbonyl (C=O) groups is 2. The number of hydrogen-bond acceptors (Lipinski definition) is 3. The third kappa shape index (κ3) is 3.37. The Hall–Kier alpha value is -2.50. The molecule has 0 spiro atoms. The van der Waals surface area contributed by atoms with Crippen LogP contribution in [0.25, 0.3) is 10.9 Å². The van der Waals surface area contributed by atoms with Crippen molar-refractivity contribution in [2.75, 3.05) is 20.7 Å². The van der Waals surface area contributed by atoms with Gasteiger partial charge in [-0.05, 0) is 31.5 Å². The molecular weight excluding hydrogens is 308 g/mol. The van der Waals surface area contributed by atoms with Crippen molar-refractivity contribution in [1.29, 1.82) is 0 Å². The minimum absolute atomic E-state index is 0.0712. The van der Waals surface area contributed by atoms with Crippen molar-refractivity contribution < 1.29 is 19.4 Å². The SMILES string of the molecule is CCCn1c(C)c(C(=O)N(C)CCC(=O)O)c2cc(OC)ccc21. The predicted molar refractivity (Wildman–Crippen MR) is 92.7 cm³/mol. The summed E-state index contributed by atoms with van der Waals surface area (Å²) in [5.41, 5.74) is 2.50. The van der Waals surface area contributed by atoms with Gasteiger partial charge in [-0.1, -0.05) is 6.92 Å². The van der Waals surface area contributed by atoms with Crippen LogP contribution in [0.4, 0.5) is 0 Å². The monoisotopic (exact) mass is 332 g/mol. The molecule has 0 aliphatic heterocycles. The van der Waals surface area contributed by atoms with Gasteiger partial charge in [-0.15, -0.1) is 0 Å². The van der Waals surface area contributed by atoms with Gasteiger partial charge in [0.2, 0.25) is 0 Å². The molecule has 0 aliphatic carbocycles. The second-order valence-electron chi connectivity index (χ2n) is 5.87. The fourth-order valence-electron chi connectivity index (χ4n) is 2.93. The van der Waals surface area contributed by atoms with E-state index in [9.17, 15) is 9.59 Å². The van der Waals surface area contributed by atoms with Gasteiger partial charge in [-0.2, -0.15) is 0 Å². The van der Waals surface area contributed by atoms with E-state index in [1.54, 1.807) is 14.2 Å². The second-order valence-corrected chi connectivity index (χ2v) is 5.87. The average Bonchev–Trinajstić information content (AvgIpc) is 2.83. The van der Waals surface area contributed by atoms with Gasteiger partial charge in [0.05, 0.1) is 19.1 Å². The van der Waals surface area contributed by atoms with Crippen molar-refractivity contribution in [3.8, 4) is 5.75 Å². The first-order chi connectivity index (χ1) is 11.4. The quantitative estimate of drug-likeness (QED) is 0.846. The number of carboxylic acids is 1. The molecule has 0 saturated carbocycles. The zero-order valence-electron chi connectivity index (χ0n) is 14.6. The highest BCUT2D eigenvalue weighted by atomic mass is 16.5. The number of aliphatic carboxylic acids is 1. The van der Waals surface area contributed by atoms with Crippen molar-refractivity contribution in [2.24, 2.45) is 0 Å². The van der Waals surface area contributed by atoms with Gasteiger partial charge in [0.15, 0.2) is 0 Å². The number of methoxy groups -OCH3 is 1. The third-order valence-corrected chi connectivity index (χ3v) is 4.20. The van der Waals surface area contributed by atoms with E-state index in [-0.39, 0.29) is 18.9 Å². The Morgan fingerprint density at radius 1 is 1.33 bits per heavy atom. The first-order valence-corrected chi connectivity index (χ1v) is 8.04. The fraction of sp³-hybridized carbons (Fsp3) is 0.444. The maximum Gasteiger partial charge on any atom is 0.305 e. The Balaban J connectivity index is 2.52.